The van der Waals surface area contributed by atoms with Gasteiger partial charge >= 0.3 is 5.97 Å². The van der Waals surface area contributed by atoms with Gasteiger partial charge in [-0.1, -0.05) is 6.07 Å². The lowest BCUT2D eigenvalue weighted by molar-refractivity contribution is -0.123. The molecule has 1 amide bonds. The highest BCUT2D eigenvalue weighted by Crippen LogP contribution is 2.28. The number of carbonyl (C=O) groups is 2. The number of aryl methyl sites for hydroxylation is 3. The summed E-state index contributed by atoms with van der Waals surface area (Å²) in [6.45, 7) is 5.04. The van der Waals surface area contributed by atoms with Crippen LogP contribution in [0.1, 0.15) is 27.7 Å². The molecule has 0 saturated carbocycles. The molecule has 0 aliphatic carbocycles. The molecule has 3 rings (SSSR count). The number of amides is 1. The lowest BCUT2D eigenvalue weighted by Gasteiger charge is -2.15. The van der Waals surface area contributed by atoms with Crippen molar-refractivity contribution in [2.75, 3.05) is 12.4 Å². The van der Waals surface area contributed by atoms with E-state index in [0.717, 1.165) is 16.9 Å². The fourth-order valence-electron chi connectivity index (χ4n) is 2.83. The Morgan fingerprint density at radius 1 is 1.28 bits per heavy atom. The van der Waals surface area contributed by atoms with Crippen LogP contribution in [0.3, 0.4) is 0 Å². The zero-order chi connectivity index (χ0) is 21.3. The highest BCUT2D eigenvalue weighted by molar-refractivity contribution is 7.20. The fourth-order valence-corrected chi connectivity index (χ4v) is 3.85. The molecule has 0 radical (unpaired) electrons. The van der Waals surface area contributed by atoms with Crippen LogP contribution in [0.25, 0.3) is 10.2 Å². The Hall–Kier alpha value is -3.20. The van der Waals surface area contributed by atoms with Crippen molar-refractivity contribution in [1.29, 1.82) is 0 Å². The van der Waals surface area contributed by atoms with Crippen LogP contribution in [0.2, 0.25) is 0 Å². The Bertz CT molecular complexity index is 1160. The average molecular weight is 415 g/mol. The minimum absolute atomic E-state index is 0.236. The maximum atomic E-state index is 12.6. The SMILES string of the molecule is COc1ccc(C)cc1NC(=O)C(C)OC(=O)c1sc2ncn(C)c(=O)c2c1C. The summed E-state index contributed by atoms with van der Waals surface area (Å²) in [5, 5.41) is 3.10. The topological polar surface area (TPSA) is 99.5 Å². The number of nitrogens with zero attached hydrogens (tertiary/aromatic N) is 2. The van der Waals surface area contributed by atoms with Crippen LogP contribution in [-0.2, 0) is 16.6 Å². The minimum atomic E-state index is -1.05. The van der Waals surface area contributed by atoms with Crippen molar-refractivity contribution in [3.8, 4) is 5.75 Å². The number of esters is 1. The zero-order valence-electron chi connectivity index (χ0n) is 16.7. The quantitative estimate of drug-likeness (QED) is 0.644. The van der Waals surface area contributed by atoms with Gasteiger partial charge in [0.2, 0.25) is 0 Å². The second-order valence-corrected chi connectivity index (χ2v) is 7.64. The first-order valence-corrected chi connectivity index (χ1v) is 9.65. The molecule has 1 N–H and O–H groups in total. The van der Waals surface area contributed by atoms with Gasteiger partial charge in [-0.25, -0.2) is 9.78 Å². The van der Waals surface area contributed by atoms with Crippen LogP contribution >= 0.6 is 11.3 Å². The number of aromatic nitrogens is 2. The summed E-state index contributed by atoms with van der Waals surface area (Å²) < 4.78 is 11.9. The molecule has 1 aromatic carbocycles. The molecule has 29 heavy (non-hydrogen) atoms. The lowest BCUT2D eigenvalue weighted by atomic mass is 10.2. The summed E-state index contributed by atoms with van der Waals surface area (Å²) in [4.78, 5) is 42.3. The Morgan fingerprint density at radius 3 is 2.69 bits per heavy atom. The molecule has 0 spiro atoms. The summed E-state index contributed by atoms with van der Waals surface area (Å²) in [5.41, 5.74) is 1.70. The van der Waals surface area contributed by atoms with Gasteiger partial charge in [-0.05, 0) is 44.0 Å². The molecule has 0 aliphatic heterocycles. The minimum Gasteiger partial charge on any atom is -0.495 e. The van der Waals surface area contributed by atoms with Crippen LogP contribution < -0.4 is 15.6 Å². The summed E-state index contributed by atoms with van der Waals surface area (Å²) in [7, 11) is 3.10. The molecule has 152 valence electrons. The molecule has 0 fully saturated rings. The first kappa shape index (κ1) is 20.5. The van der Waals surface area contributed by atoms with Crippen LogP contribution in [0.15, 0.2) is 29.3 Å². The van der Waals surface area contributed by atoms with Crippen molar-refractivity contribution >= 4 is 39.1 Å². The van der Waals surface area contributed by atoms with Gasteiger partial charge in [0, 0.05) is 7.05 Å². The fraction of sp³-hybridized carbons (Fsp3) is 0.300. The van der Waals surface area contributed by atoms with E-state index in [0.29, 0.717) is 27.2 Å². The summed E-state index contributed by atoms with van der Waals surface area (Å²) >= 11 is 1.07. The molecule has 8 nitrogen and oxygen atoms in total. The van der Waals surface area contributed by atoms with Crippen LogP contribution in [0.4, 0.5) is 5.69 Å². The van der Waals surface area contributed by atoms with E-state index in [1.54, 1.807) is 26.1 Å². The molecule has 0 bridgehead atoms. The molecule has 2 heterocycles. The Morgan fingerprint density at radius 2 is 2.00 bits per heavy atom. The van der Waals surface area contributed by atoms with Gasteiger partial charge in [0.25, 0.3) is 11.5 Å². The van der Waals surface area contributed by atoms with Crippen LogP contribution in [0, 0.1) is 13.8 Å². The molecular formula is C20H21N3O5S. The molecule has 2 aromatic heterocycles. The number of thiophene rings is 1. The smallest absolute Gasteiger partial charge is 0.349 e. The highest BCUT2D eigenvalue weighted by atomic mass is 32.1. The van der Waals surface area contributed by atoms with Gasteiger partial charge in [-0.2, -0.15) is 0 Å². The lowest BCUT2D eigenvalue weighted by Crippen LogP contribution is -2.30. The van der Waals surface area contributed by atoms with Crippen LogP contribution in [0.5, 0.6) is 5.75 Å². The standard InChI is InChI=1S/C20H21N3O5S/c1-10-6-7-14(27-5)13(8-10)22-17(24)12(3)28-20(26)16-11(2)15-18(29-16)21-9-23(4)19(15)25/h6-9,12H,1-5H3,(H,22,24). The first-order valence-electron chi connectivity index (χ1n) is 8.84. The van der Waals surface area contributed by atoms with Crippen molar-refractivity contribution in [2.24, 2.45) is 7.05 Å². The number of anilines is 1. The molecule has 3 aromatic rings. The predicted molar refractivity (Wildman–Crippen MR) is 111 cm³/mol. The molecular weight excluding hydrogens is 394 g/mol. The number of rotatable bonds is 5. The van der Waals surface area contributed by atoms with E-state index >= 15 is 0 Å². The summed E-state index contributed by atoms with van der Waals surface area (Å²) in [6.07, 6.45) is 0.356. The number of benzene rings is 1. The maximum absolute atomic E-state index is 12.6. The summed E-state index contributed by atoms with van der Waals surface area (Å²) in [6, 6.07) is 5.37. The van der Waals surface area contributed by atoms with E-state index in [4.69, 9.17) is 9.47 Å². The van der Waals surface area contributed by atoms with E-state index in [1.165, 1.54) is 24.9 Å². The van der Waals surface area contributed by atoms with Gasteiger partial charge in [0.05, 0.1) is 24.5 Å². The second kappa shape index (κ2) is 8.04. The van der Waals surface area contributed by atoms with E-state index < -0.39 is 18.0 Å². The normalized spacial score (nSPS) is 11.9. The van der Waals surface area contributed by atoms with Crippen molar-refractivity contribution in [3.05, 3.63) is 50.9 Å². The number of fused-ring (bicyclic) bond motifs is 1. The number of hydrogen-bond donors (Lipinski definition) is 1. The van der Waals surface area contributed by atoms with E-state index in [9.17, 15) is 14.4 Å². The Balaban J connectivity index is 1.79. The molecule has 0 aliphatic rings. The Labute approximate surface area is 171 Å². The van der Waals surface area contributed by atoms with E-state index in [2.05, 4.69) is 10.3 Å². The monoisotopic (exact) mass is 415 g/mol. The number of nitrogens with one attached hydrogen (secondary N) is 1. The van der Waals surface area contributed by atoms with Crippen molar-refractivity contribution in [1.82, 2.24) is 9.55 Å². The molecule has 1 unspecified atom stereocenters. The predicted octanol–water partition coefficient (Wildman–Crippen LogP) is 2.80. The first-order chi connectivity index (χ1) is 13.7. The number of methoxy groups -OCH3 is 1. The van der Waals surface area contributed by atoms with Gasteiger partial charge < -0.3 is 19.4 Å². The van der Waals surface area contributed by atoms with E-state index in [-0.39, 0.29) is 10.4 Å². The zero-order valence-corrected chi connectivity index (χ0v) is 17.5. The molecule has 0 saturated heterocycles. The number of hydrogen-bond acceptors (Lipinski definition) is 7. The van der Waals surface area contributed by atoms with Gasteiger partial charge in [-0.15, -0.1) is 11.3 Å². The second-order valence-electron chi connectivity index (χ2n) is 6.64. The van der Waals surface area contributed by atoms with E-state index in [1.807, 2.05) is 13.0 Å². The largest absolute Gasteiger partial charge is 0.495 e. The number of ether oxygens (including phenoxy) is 2. The average Bonchev–Trinajstić information content (AvgIpc) is 3.02. The summed E-state index contributed by atoms with van der Waals surface area (Å²) in [5.74, 6) is -0.661. The molecule has 1 atom stereocenters. The maximum Gasteiger partial charge on any atom is 0.349 e. The van der Waals surface area contributed by atoms with Crippen molar-refractivity contribution < 1.29 is 19.1 Å². The van der Waals surface area contributed by atoms with Crippen molar-refractivity contribution in [2.45, 2.75) is 26.9 Å². The van der Waals surface area contributed by atoms with Gasteiger partial charge in [-0.3, -0.25) is 9.59 Å². The third-order valence-corrected chi connectivity index (χ3v) is 5.64. The van der Waals surface area contributed by atoms with Gasteiger partial charge in [0.1, 0.15) is 15.5 Å². The van der Waals surface area contributed by atoms with Gasteiger partial charge in [0.15, 0.2) is 6.10 Å². The third-order valence-electron chi connectivity index (χ3n) is 4.46. The third kappa shape index (κ3) is 4.00. The molecule has 9 heteroatoms. The van der Waals surface area contributed by atoms with Crippen molar-refractivity contribution in [3.63, 3.8) is 0 Å². The Kier molecular flexibility index (Phi) is 5.69. The van der Waals surface area contributed by atoms with Crippen LogP contribution in [-0.4, -0.2) is 34.6 Å². The number of carbonyl (C=O) groups excluding carboxylic acids is 2. The highest BCUT2D eigenvalue weighted by Gasteiger charge is 2.25.